The van der Waals surface area contributed by atoms with Gasteiger partial charge >= 0.3 is 6.18 Å². The van der Waals surface area contributed by atoms with Crippen LogP contribution in [0, 0.1) is 3.57 Å². The molecule has 0 radical (unpaired) electrons. The molecule has 1 aromatic rings. The molecule has 1 rings (SSSR count). The van der Waals surface area contributed by atoms with E-state index in [0.717, 1.165) is 10.1 Å². The van der Waals surface area contributed by atoms with Crippen LogP contribution in [0.25, 0.3) is 0 Å². The van der Waals surface area contributed by atoms with Gasteiger partial charge in [0, 0.05) is 19.2 Å². The Labute approximate surface area is 116 Å². The van der Waals surface area contributed by atoms with Crippen molar-refractivity contribution < 1.29 is 17.9 Å². The number of hydrogen-bond donors (Lipinski definition) is 1. The lowest BCUT2D eigenvalue weighted by atomic mass is 10.4. The molecule has 8 heteroatoms. The molecule has 1 heterocycles. The molecule has 18 heavy (non-hydrogen) atoms. The van der Waals surface area contributed by atoms with E-state index in [9.17, 15) is 13.2 Å². The normalized spacial score (nSPS) is 11.6. The zero-order chi connectivity index (χ0) is 13.6. The molecule has 0 unspecified atom stereocenters. The van der Waals surface area contributed by atoms with Gasteiger partial charge in [-0.2, -0.15) is 13.2 Å². The van der Waals surface area contributed by atoms with Gasteiger partial charge in [-0.15, -0.1) is 0 Å². The number of halogens is 4. The van der Waals surface area contributed by atoms with Crippen molar-refractivity contribution in [2.45, 2.75) is 19.5 Å². The van der Waals surface area contributed by atoms with Crippen molar-refractivity contribution in [3.8, 4) is 0 Å². The number of anilines is 1. The summed E-state index contributed by atoms with van der Waals surface area (Å²) in [5, 5.41) is 3.05. The van der Waals surface area contributed by atoms with E-state index in [2.05, 4.69) is 42.6 Å². The first-order valence-corrected chi connectivity index (χ1v) is 6.40. The van der Waals surface area contributed by atoms with E-state index in [1.807, 2.05) is 6.92 Å². The quantitative estimate of drug-likeness (QED) is 0.614. The van der Waals surface area contributed by atoms with E-state index in [4.69, 9.17) is 0 Å². The Morgan fingerprint density at radius 1 is 1.44 bits per heavy atom. The fourth-order valence-electron chi connectivity index (χ4n) is 1.17. The highest BCUT2D eigenvalue weighted by atomic mass is 127. The second-order valence-corrected chi connectivity index (χ2v) is 4.59. The minimum Gasteiger partial charge on any atom is -0.372 e. The number of rotatable bonds is 6. The first-order valence-electron chi connectivity index (χ1n) is 5.32. The molecule has 1 aromatic heterocycles. The standard InChI is InChI=1S/C10H13F3IN3O/c1-2-15-9-7(14)5-16-8(17-9)3-4-18-6-10(11,12)13/h5H,2-4,6H2,1H3,(H,15,16,17). The SMILES string of the molecule is CCNc1nc(CCOCC(F)(F)F)ncc1I. The third-order valence-corrected chi connectivity index (χ3v) is 2.66. The Hall–Kier alpha value is -0.640. The van der Waals surface area contributed by atoms with Crippen molar-refractivity contribution in [1.82, 2.24) is 9.97 Å². The van der Waals surface area contributed by atoms with Crippen molar-refractivity contribution in [3.05, 3.63) is 15.6 Å². The molecule has 0 spiro atoms. The maximum Gasteiger partial charge on any atom is 0.411 e. The van der Waals surface area contributed by atoms with Gasteiger partial charge in [0.1, 0.15) is 18.2 Å². The van der Waals surface area contributed by atoms with Crippen molar-refractivity contribution in [2.24, 2.45) is 0 Å². The lowest BCUT2D eigenvalue weighted by Crippen LogP contribution is -2.18. The molecule has 0 aromatic carbocycles. The van der Waals surface area contributed by atoms with Crippen LogP contribution in [0.1, 0.15) is 12.7 Å². The summed E-state index contributed by atoms with van der Waals surface area (Å²) in [5.41, 5.74) is 0. The summed E-state index contributed by atoms with van der Waals surface area (Å²) < 4.78 is 40.9. The van der Waals surface area contributed by atoms with Crippen LogP contribution in [0.5, 0.6) is 0 Å². The molecule has 0 amide bonds. The summed E-state index contributed by atoms with van der Waals surface area (Å²) in [7, 11) is 0. The first kappa shape index (κ1) is 15.4. The van der Waals surface area contributed by atoms with Gasteiger partial charge < -0.3 is 10.1 Å². The molecule has 102 valence electrons. The smallest absolute Gasteiger partial charge is 0.372 e. The molecule has 0 aliphatic rings. The number of alkyl halides is 3. The molecule has 0 saturated carbocycles. The molecule has 0 fully saturated rings. The number of nitrogens with one attached hydrogen (secondary N) is 1. The lowest BCUT2D eigenvalue weighted by Gasteiger charge is -2.08. The average molecular weight is 375 g/mol. The third kappa shape index (κ3) is 5.80. The highest BCUT2D eigenvalue weighted by Crippen LogP contribution is 2.15. The van der Waals surface area contributed by atoms with Crippen LogP contribution in [0.4, 0.5) is 19.0 Å². The molecular formula is C10H13F3IN3O. The van der Waals surface area contributed by atoms with E-state index < -0.39 is 12.8 Å². The number of hydrogen-bond acceptors (Lipinski definition) is 4. The summed E-state index contributed by atoms with van der Waals surface area (Å²) in [5.74, 6) is 1.16. The van der Waals surface area contributed by atoms with Crippen molar-refractivity contribution in [3.63, 3.8) is 0 Å². The topological polar surface area (TPSA) is 47.0 Å². The van der Waals surface area contributed by atoms with E-state index in [1.165, 1.54) is 0 Å². The van der Waals surface area contributed by atoms with Crippen LogP contribution < -0.4 is 5.32 Å². The van der Waals surface area contributed by atoms with Gasteiger partial charge in [-0.1, -0.05) is 0 Å². The first-order chi connectivity index (χ1) is 8.42. The van der Waals surface area contributed by atoms with Crippen molar-refractivity contribution in [2.75, 3.05) is 25.1 Å². The predicted molar refractivity (Wildman–Crippen MR) is 69.5 cm³/mol. The van der Waals surface area contributed by atoms with Gasteiger partial charge in [0.2, 0.25) is 0 Å². The Balaban J connectivity index is 2.45. The van der Waals surface area contributed by atoms with Gasteiger partial charge in [-0.3, -0.25) is 0 Å². The molecule has 0 saturated heterocycles. The molecule has 0 aliphatic heterocycles. The molecule has 0 bridgehead atoms. The highest BCUT2D eigenvalue weighted by molar-refractivity contribution is 14.1. The largest absolute Gasteiger partial charge is 0.411 e. The summed E-state index contributed by atoms with van der Waals surface area (Å²) in [6, 6.07) is 0. The lowest BCUT2D eigenvalue weighted by molar-refractivity contribution is -0.173. The number of ether oxygens (including phenoxy) is 1. The molecule has 1 N–H and O–H groups in total. The van der Waals surface area contributed by atoms with Gasteiger partial charge in [0.25, 0.3) is 0 Å². The Bertz CT molecular complexity index is 387. The second-order valence-electron chi connectivity index (χ2n) is 3.43. The van der Waals surface area contributed by atoms with Crippen LogP contribution in [0.2, 0.25) is 0 Å². The van der Waals surface area contributed by atoms with Crippen LogP contribution >= 0.6 is 22.6 Å². The average Bonchev–Trinajstić information content (AvgIpc) is 2.28. The van der Waals surface area contributed by atoms with Gasteiger partial charge in [-0.05, 0) is 29.5 Å². The summed E-state index contributed by atoms with van der Waals surface area (Å²) in [6.45, 7) is 1.37. The van der Waals surface area contributed by atoms with Gasteiger partial charge in [0.15, 0.2) is 0 Å². The fourth-order valence-corrected chi connectivity index (χ4v) is 1.62. The minimum atomic E-state index is -4.29. The summed E-state index contributed by atoms with van der Waals surface area (Å²) in [6.07, 6.45) is -2.40. The monoisotopic (exact) mass is 375 g/mol. The molecule has 0 aliphatic carbocycles. The second kappa shape index (κ2) is 7.07. The van der Waals surface area contributed by atoms with Crippen LogP contribution in [-0.4, -0.2) is 35.9 Å². The van der Waals surface area contributed by atoms with Gasteiger partial charge in [0.05, 0.1) is 10.2 Å². The van der Waals surface area contributed by atoms with Crippen LogP contribution in [0.3, 0.4) is 0 Å². The highest BCUT2D eigenvalue weighted by Gasteiger charge is 2.27. The van der Waals surface area contributed by atoms with E-state index in [1.54, 1.807) is 6.20 Å². The molecule has 4 nitrogen and oxygen atoms in total. The zero-order valence-corrected chi connectivity index (χ0v) is 11.9. The van der Waals surface area contributed by atoms with Crippen molar-refractivity contribution in [1.29, 1.82) is 0 Å². The van der Waals surface area contributed by atoms with Crippen LogP contribution in [0.15, 0.2) is 6.20 Å². The summed E-state index contributed by atoms with van der Waals surface area (Å²) >= 11 is 2.09. The van der Waals surface area contributed by atoms with E-state index in [-0.39, 0.29) is 13.0 Å². The van der Waals surface area contributed by atoms with Crippen molar-refractivity contribution >= 4 is 28.4 Å². The Morgan fingerprint density at radius 2 is 2.17 bits per heavy atom. The number of aromatic nitrogens is 2. The Morgan fingerprint density at radius 3 is 2.78 bits per heavy atom. The maximum atomic E-state index is 11.8. The minimum absolute atomic E-state index is 0.0499. The molecule has 0 atom stereocenters. The zero-order valence-electron chi connectivity index (χ0n) is 9.72. The predicted octanol–water partition coefficient (Wildman–Crippen LogP) is 2.63. The van der Waals surface area contributed by atoms with E-state index in [0.29, 0.717) is 11.6 Å². The summed E-state index contributed by atoms with van der Waals surface area (Å²) in [4.78, 5) is 8.24. The molecular weight excluding hydrogens is 362 g/mol. The maximum absolute atomic E-state index is 11.8. The van der Waals surface area contributed by atoms with Gasteiger partial charge in [-0.25, -0.2) is 9.97 Å². The third-order valence-electron chi connectivity index (χ3n) is 1.87. The number of nitrogens with zero attached hydrogens (tertiary/aromatic N) is 2. The van der Waals surface area contributed by atoms with E-state index >= 15 is 0 Å². The van der Waals surface area contributed by atoms with Crippen LogP contribution in [-0.2, 0) is 11.2 Å². The Kier molecular flexibility index (Phi) is 6.06. The fraction of sp³-hybridized carbons (Fsp3) is 0.600.